The zero-order valence-corrected chi connectivity index (χ0v) is 13.2. The van der Waals surface area contributed by atoms with Crippen LogP contribution < -0.4 is 10.6 Å². The SMILES string of the molecule is Cc1cc(N(C)C(C)C(C)(C)C)c([C@H](C)N)cc1F. The van der Waals surface area contributed by atoms with Gasteiger partial charge in [0, 0.05) is 24.8 Å². The standard InChI is InChI=1S/C16H27FN2/c1-10-8-15(13(11(2)18)9-14(10)17)19(7)12(3)16(4,5)6/h8-9,11-12H,18H2,1-7H3/t11-,12?/m0/s1. The number of hydrogen-bond acceptors (Lipinski definition) is 2. The lowest BCUT2D eigenvalue weighted by molar-refractivity contribution is 0.329. The Morgan fingerprint density at radius 2 is 1.74 bits per heavy atom. The summed E-state index contributed by atoms with van der Waals surface area (Å²) in [5.74, 6) is -0.187. The Morgan fingerprint density at radius 1 is 1.21 bits per heavy atom. The lowest BCUT2D eigenvalue weighted by atomic mass is 9.86. The lowest BCUT2D eigenvalue weighted by Crippen LogP contribution is -2.40. The molecule has 0 fully saturated rings. The van der Waals surface area contributed by atoms with Crippen LogP contribution >= 0.6 is 0 Å². The van der Waals surface area contributed by atoms with E-state index in [1.54, 1.807) is 13.0 Å². The third-order valence-electron chi connectivity index (χ3n) is 4.01. The fraction of sp³-hybridized carbons (Fsp3) is 0.625. The Labute approximate surface area is 116 Å². The van der Waals surface area contributed by atoms with Gasteiger partial charge in [0.2, 0.25) is 0 Å². The zero-order chi connectivity index (χ0) is 15.0. The van der Waals surface area contributed by atoms with E-state index >= 15 is 0 Å². The summed E-state index contributed by atoms with van der Waals surface area (Å²) in [7, 11) is 2.05. The van der Waals surface area contributed by atoms with Gasteiger partial charge in [0.15, 0.2) is 0 Å². The fourth-order valence-electron chi connectivity index (χ4n) is 2.14. The molecule has 0 bridgehead atoms. The van der Waals surface area contributed by atoms with Crippen molar-refractivity contribution in [1.29, 1.82) is 0 Å². The molecule has 2 nitrogen and oxygen atoms in total. The molecule has 19 heavy (non-hydrogen) atoms. The topological polar surface area (TPSA) is 29.3 Å². The van der Waals surface area contributed by atoms with Crippen LogP contribution in [0.4, 0.5) is 10.1 Å². The van der Waals surface area contributed by atoms with Gasteiger partial charge in [-0.1, -0.05) is 20.8 Å². The van der Waals surface area contributed by atoms with Gasteiger partial charge >= 0.3 is 0 Å². The van der Waals surface area contributed by atoms with Crippen LogP contribution in [-0.4, -0.2) is 13.1 Å². The summed E-state index contributed by atoms with van der Waals surface area (Å²) >= 11 is 0. The van der Waals surface area contributed by atoms with Crippen molar-refractivity contribution in [3.05, 3.63) is 29.1 Å². The predicted octanol–water partition coefficient (Wildman–Crippen LogP) is 4.02. The van der Waals surface area contributed by atoms with Gasteiger partial charge in [0.1, 0.15) is 5.82 Å². The van der Waals surface area contributed by atoms with E-state index in [0.717, 1.165) is 11.3 Å². The number of anilines is 1. The van der Waals surface area contributed by atoms with Crippen molar-refractivity contribution in [3.63, 3.8) is 0 Å². The molecule has 3 heteroatoms. The van der Waals surface area contributed by atoms with E-state index in [-0.39, 0.29) is 17.3 Å². The first-order valence-corrected chi connectivity index (χ1v) is 6.84. The summed E-state index contributed by atoms with van der Waals surface area (Å²) in [5, 5.41) is 0. The average Bonchev–Trinajstić information content (AvgIpc) is 2.28. The minimum Gasteiger partial charge on any atom is -0.371 e. The molecule has 1 rings (SSSR count). The van der Waals surface area contributed by atoms with Crippen molar-refractivity contribution >= 4 is 5.69 Å². The van der Waals surface area contributed by atoms with E-state index in [1.165, 1.54) is 0 Å². The van der Waals surface area contributed by atoms with Crippen molar-refractivity contribution in [2.75, 3.05) is 11.9 Å². The van der Waals surface area contributed by atoms with E-state index in [0.29, 0.717) is 11.6 Å². The van der Waals surface area contributed by atoms with Crippen molar-refractivity contribution in [1.82, 2.24) is 0 Å². The van der Waals surface area contributed by atoms with Gasteiger partial charge in [0.25, 0.3) is 0 Å². The summed E-state index contributed by atoms with van der Waals surface area (Å²) in [6, 6.07) is 3.62. The van der Waals surface area contributed by atoms with Gasteiger partial charge in [-0.3, -0.25) is 0 Å². The molecule has 0 heterocycles. The lowest BCUT2D eigenvalue weighted by Gasteiger charge is -2.38. The molecule has 1 unspecified atom stereocenters. The first kappa shape index (κ1) is 16.0. The molecule has 0 saturated heterocycles. The highest BCUT2D eigenvalue weighted by Gasteiger charge is 2.26. The number of benzene rings is 1. The highest BCUT2D eigenvalue weighted by atomic mass is 19.1. The summed E-state index contributed by atoms with van der Waals surface area (Å²) in [6.07, 6.45) is 0. The molecule has 0 amide bonds. The minimum atomic E-state index is -0.187. The number of halogens is 1. The number of nitrogens with zero attached hydrogens (tertiary/aromatic N) is 1. The van der Waals surface area contributed by atoms with Gasteiger partial charge in [-0.15, -0.1) is 0 Å². The van der Waals surface area contributed by atoms with Crippen molar-refractivity contribution in [2.24, 2.45) is 11.1 Å². The maximum absolute atomic E-state index is 13.7. The van der Waals surface area contributed by atoms with E-state index < -0.39 is 0 Å². The van der Waals surface area contributed by atoms with Crippen LogP contribution in [0.5, 0.6) is 0 Å². The monoisotopic (exact) mass is 266 g/mol. The summed E-state index contributed by atoms with van der Waals surface area (Å²) in [6.45, 7) is 12.5. The molecule has 1 aromatic carbocycles. The Hall–Kier alpha value is -1.09. The van der Waals surface area contributed by atoms with Crippen molar-refractivity contribution < 1.29 is 4.39 Å². The maximum Gasteiger partial charge on any atom is 0.126 e. The number of nitrogens with two attached hydrogens (primary N) is 1. The van der Waals surface area contributed by atoms with Crippen molar-refractivity contribution in [2.45, 2.75) is 53.6 Å². The number of hydrogen-bond donors (Lipinski definition) is 1. The molecule has 1 aromatic rings. The molecule has 0 saturated carbocycles. The van der Waals surface area contributed by atoms with E-state index in [1.807, 2.05) is 13.0 Å². The highest BCUT2D eigenvalue weighted by molar-refractivity contribution is 5.57. The summed E-state index contributed by atoms with van der Waals surface area (Å²) in [5.41, 5.74) is 8.68. The molecule has 0 aliphatic heterocycles. The molecule has 0 spiro atoms. The van der Waals surface area contributed by atoms with Crippen LogP contribution in [0.25, 0.3) is 0 Å². The smallest absolute Gasteiger partial charge is 0.126 e. The molecule has 0 aliphatic rings. The minimum absolute atomic E-state index is 0.145. The molecule has 0 aromatic heterocycles. The molecule has 2 atom stereocenters. The predicted molar refractivity (Wildman–Crippen MR) is 81.1 cm³/mol. The van der Waals surface area contributed by atoms with Crippen LogP contribution in [0.3, 0.4) is 0 Å². The Kier molecular flexibility index (Phi) is 4.62. The van der Waals surface area contributed by atoms with Gasteiger partial charge in [-0.05, 0) is 49.4 Å². The largest absolute Gasteiger partial charge is 0.371 e. The number of aryl methyl sites for hydroxylation is 1. The van der Waals surface area contributed by atoms with Crippen LogP contribution in [0.2, 0.25) is 0 Å². The first-order valence-electron chi connectivity index (χ1n) is 6.84. The second-order valence-electron chi connectivity index (χ2n) is 6.60. The third-order valence-corrected chi connectivity index (χ3v) is 4.01. The van der Waals surface area contributed by atoms with Gasteiger partial charge in [-0.25, -0.2) is 4.39 Å². The quantitative estimate of drug-likeness (QED) is 0.895. The zero-order valence-electron chi connectivity index (χ0n) is 13.2. The van der Waals surface area contributed by atoms with Crippen LogP contribution in [0, 0.1) is 18.2 Å². The van der Waals surface area contributed by atoms with Crippen molar-refractivity contribution in [3.8, 4) is 0 Å². The van der Waals surface area contributed by atoms with Crippen LogP contribution in [0.1, 0.15) is 51.8 Å². The fourth-order valence-corrected chi connectivity index (χ4v) is 2.14. The van der Waals surface area contributed by atoms with Crippen LogP contribution in [-0.2, 0) is 0 Å². The molecule has 0 aliphatic carbocycles. The maximum atomic E-state index is 13.7. The average molecular weight is 266 g/mol. The second kappa shape index (κ2) is 5.49. The number of rotatable bonds is 3. The normalized spacial score (nSPS) is 15.2. The highest BCUT2D eigenvalue weighted by Crippen LogP contribution is 2.33. The molecular weight excluding hydrogens is 239 g/mol. The Balaban J connectivity index is 3.29. The summed E-state index contributed by atoms with van der Waals surface area (Å²) in [4.78, 5) is 2.20. The van der Waals surface area contributed by atoms with E-state index in [9.17, 15) is 4.39 Å². The van der Waals surface area contributed by atoms with Gasteiger partial charge in [0.05, 0.1) is 0 Å². The first-order chi connectivity index (χ1) is 8.55. The summed E-state index contributed by atoms with van der Waals surface area (Å²) < 4.78 is 13.7. The third kappa shape index (κ3) is 3.47. The Bertz CT molecular complexity index is 447. The van der Waals surface area contributed by atoms with E-state index in [4.69, 9.17) is 5.73 Å². The molecule has 0 radical (unpaired) electrons. The Morgan fingerprint density at radius 3 is 2.16 bits per heavy atom. The van der Waals surface area contributed by atoms with Gasteiger partial charge in [-0.2, -0.15) is 0 Å². The molecule has 108 valence electrons. The molecular formula is C16H27FN2. The second-order valence-corrected chi connectivity index (χ2v) is 6.60. The van der Waals surface area contributed by atoms with Gasteiger partial charge < -0.3 is 10.6 Å². The van der Waals surface area contributed by atoms with Crippen LogP contribution in [0.15, 0.2) is 12.1 Å². The van der Waals surface area contributed by atoms with E-state index in [2.05, 4.69) is 39.6 Å². The molecule has 2 N–H and O–H groups in total.